The molecule has 2 atom stereocenters. The number of rotatable bonds is 0. The van der Waals surface area contributed by atoms with E-state index < -0.39 is 0 Å². The van der Waals surface area contributed by atoms with Crippen LogP contribution < -0.4 is 0 Å². The SMILES string of the molecule is CC1N2CN(C)CN12. The summed E-state index contributed by atoms with van der Waals surface area (Å²) in [7, 11) is 2.14. The van der Waals surface area contributed by atoms with Crippen LogP contribution in [0.4, 0.5) is 0 Å². The Kier molecular flexibility index (Phi) is 0.730. The molecule has 2 aliphatic heterocycles. The van der Waals surface area contributed by atoms with Gasteiger partial charge in [0.25, 0.3) is 0 Å². The Hall–Kier alpha value is -0.120. The summed E-state index contributed by atoms with van der Waals surface area (Å²) in [6.45, 7) is 4.48. The van der Waals surface area contributed by atoms with Crippen LogP contribution in [0.15, 0.2) is 0 Å². The molecule has 0 aromatic rings. The smallest absolute Gasteiger partial charge is 0.0896 e. The molecular weight excluding hydrogens is 102 g/mol. The minimum atomic E-state index is 0.728. The molecule has 0 radical (unpaired) electrons. The maximum atomic E-state index is 2.35. The first-order valence-electron chi connectivity index (χ1n) is 3.01. The highest BCUT2D eigenvalue weighted by molar-refractivity contribution is 4.83. The van der Waals surface area contributed by atoms with Crippen LogP contribution in [0.25, 0.3) is 0 Å². The van der Waals surface area contributed by atoms with Gasteiger partial charge >= 0.3 is 0 Å². The minimum Gasteiger partial charge on any atom is -0.278 e. The van der Waals surface area contributed by atoms with Gasteiger partial charge in [-0.25, -0.2) is 10.0 Å². The molecule has 0 N–H and O–H groups in total. The molecule has 2 saturated heterocycles. The molecule has 2 aliphatic rings. The molecule has 3 heteroatoms. The van der Waals surface area contributed by atoms with Crippen molar-refractivity contribution in [2.75, 3.05) is 20.4 Å². The number of hydrogen-bond donors (Lipinski definition) is 0. The van der Waals surface area contributed by atoms with E-state index in [1.807, 2.05) is 0 Å². The van der Waals surface area contributed by atoms with Gasteiger partial charge in [-0.1, -0.05) is 0 Å². The molecule has 3 nitrogen and oxygen atoms in total. The van der Waals surface area contributed by atoms with Gasteiger partial charge in [-0.3, -0.25) is 4.90 Å². The predicted molar refractivity (Wildman–Crippen MR) is 30.6 cm³/mol. The van der Waals surface area contributed by atoms with Crippen LogP contribution in [0.1, 0.15) is 6.92 Å². The van der Waals surface area contributed by atoms with E-state index in [9.17, 15) is 0 Å². The topological polar surface area (TPSA) is 9.26 Å². The molecule has 0 saturated carbocycles. The fraction of sp³-hybridized carbons (Fsp3) is 1.00. The van der Waals surface area contributed by atoms with E-state index >= 15 is 0 Å². The fourth-order valence-corrected chi connectivity index (χ4v) is 1.30. The molecule has 8 heavy (non-hydrogen) atoms. The molecule has 0 bridgehead atoms. The van der Waals surface area contributed by atoms with Crippen LogP contribution in [-0.4, -0.2) is 41.5 Å². The van der Waals surface area contributed by atoms with Crippen molar-refractivity contribution in [1.29, 1.82) is 0 Å². The van der Waals surface area contributed by atoms with Crippen LogP contribution in [0.3, 0.4) is 0 Å². The van der Waals surface area contributed by atoms with Crippen molar-refractivity contribution in [2.24, 2.45) is 0 Å². The van der Waals surface area contributed by atoms with E-state index in [-0.39, 0.29) is 0 Å². The first kappa shape index (κ1) is 4.73. The lowest BCUT2D eigenvalue weighted by Crippen LogP contribution is -2.22. The summed E-state index contributed by atoms with van der Waals surface area (Å²) < 4.78 is 0. The summed E-state index contributed by atoms with van der Waals surface area (Å²) in [5, 5.41) is 4.69. The molecule has 0 aromatic carbocycles. The maximum Gasteiger partial charge on any atom is 0.0896 e. The lowest BCUT2D eigenvalue weighted by molar-refractivity contribution is 0.310. The minimum absolute atomic E-state index is 0.728. The van der Waals surface area contributed by atoms with Crippen molar-refractivity contribution in [3.05, 3.63) is 0 Å². The van der Waals surface area contributed by atoms with Gasteiger partial charge in [-0.15, -0.1) is 0 Å². The zero-order valence-electron chi connectivity index (χ0n) is 5.33. The zero-order valence-corrected chi connectivity index (χ0v) is 5.33. The summed E-state index contributed by atoms with van der Waals surface area (Å²) in [5.41, 5.74) is 0. The fourth-order valence-electron chi connectivity index (χ4n) is 1.30. The van der Waals surface area contributed by atoms with Gasteiger partial charge in [0.1, 0.15) is 0 Å². The Bertz CT molecular complexity index is 102. The Morgan fingerprint density at radius 1 is 1.25 bits per heavy atom. The predicted octanol–water partition coefficient (Wildman–Crippen LogP) is -0.275. The summed E-state index contributed by atoms with van der Waals surface area (Å²) in [5.74, 6) is 0. The Morgan fingerprint density at radius 2 is 1.75 bits per heavy atom. The van der Waals surface area contributed by atoms with Gasteiger partial charge in [-0.2, -0.15) is 0 Å². The van der Waals surface area contributed by atoms with Crippen LogP contribution in [0, 0.1) is 0 Å². The first-order valence-corrected chi connectivity index (χ1v) is 3.01. The third-order valence-corrected chi connectivity index (χ3v) is 1.91. The third-order valence-electron chi connectivity index (χ3n) is 1.91. The van der Waals surface area contributed by atoms with E-state index in [1.165, 1.54) is 0 Å². The molecule has 0 aromatic heterocycles. The van der Waals surface area contributed by atoms with E-state index in [2.05, 4.69) is 28.9 Å². The second-order valence-corrected chi connectivity index (χ2v) is 2.65. The van der Waals surface area contributed by atoms with Gasteiger partial charge < -0.3 is 0 Å². The van der Waals surface area contributed by atoms with Crippen molar-refractivity contribution >= 4 is 0 Å². The monoisotopic (exact) mass is 113 g/mol. The summed E-state index contributed by atoms with van der Waals surface area (Å²) in [6.07, 6.45) is 0.728. The first-order chi connectivity index (χ1) is 3.79. The Labute approximate surface area is 49.4 Å². The molecule has 2 rings (SSSR count). The molecule has 2 fully saturated rings. The van der Waals surface area contributed by atoms with Crippen LogP contribution in [-0.2, 0) is 0 Å². The van der Waals surface area contributed by atoms with Crippen molar-refractivity contribution < 1.29 is 0 Å². The largest absolute Gasteiger partial charge is 0.278 e. The van der Waals surface area contributed by atoms with Crippen LogP contribution in [0.2, 0.25) is 0 Å². The Balaban J connectivity index is 2.00. The highest BCUT2D eigenvalue weighted by Crippen LogP contribution is 2.30. The normalized spacial score (nSPS) is 54.0. The molecule has 0 aliphatic carbocycles. The van der Waals surface area contributed by atoms with E-state index in [1.54, 1.807) is 0 Å². The maximum absolute atomic E-state index is 2.35. The van der Waals surface area contributed by atoms with Crippen LogP contribution in [0.5, 0.6) is 0 Å². The van der Waals surface area contributed by atoms with Gasteiger partial charge in [0.2, 0.25) is 0 Å². The standard InChI is InChI=1S/C5H11N3/c1-5-7-3-6(2)4-8(5)7/h5H,3-4H2,1-2H3. The lowest BCUT2D eigenvalue weighted by Gasteiger charge is -2.07. The lowest BCUT2D eigenvalue weighted by atomic mass is 10.6. The van der Waals surface area contributed by atoms with Gasteiger partial charge in [-0.05, 0) is 14.0 Å². The van der Waals surface area contributed by atoms with Crippen molar-refractivity contribution in [2.45, 2.75) is 13.1 Å². The molecule has 2 heterocycles. The molecule has 0 spiro atoms. The highest BCUT2D eigenvalue weighted by Gasteiger charge is 2.46. The second-order valence-electron chi connectivity index (χ2n) is 2.65. The summed E-state index contributed by atoms with van der Waals surface area (Å²) in [4.78, 5) is 2.29. The van der Waals surface area contributed by atoms with E-state index in [0.29, 0.717) is 0 Å². The second kappa shape index (κ2) is 1.23. The van der Waals surface area contributed by atoms with Crippen molar-refractivity contribution in [3.63, 3.8) is 0 Å². The highest BCUT2D eigenvalue weighted by atomic mass is 15.9. The summed E-state index contributed by atoms with van der Waals surface area (Å²) in [6, 6.07) is 0. The Morgan fingerprint density at radius 3 is 2.12 bits per heavy atom. The average molecular weight is 113 g/mol. The number of hydrazine groups is 1. The molecule has 2 unspecified atom stereocenters. The van der Waals surface area contributed by atoms with Crippen molar-refractivity contribution in [1.82, 2.24) is 14.9 Å². The molecule has 0 amide bonds. The number of hydrogen-bond acceptors (Lipinski definition) is 3. The number of fused-ring (bicyclic) bond motifs is 1. The zero-order chi connectivity index (χ0) is 5.72. The summed E-state index contributed by atoms with van der Waals surface area (Å²) >= 11 is 0. The van der Waals surface area contributed by atoms with E-state index in [0.717, 1.165) is 19.5 Å². The van der Waals surface area contributed by atoms with Crippen molar-refractivity contribution in [3.8, 4) is 0 Å². The quantitative estimate of drug-likeness (QED) is 0.400. The van der Waals surface area contributed by atoms with E-state index in [4.69, 9.17) is 0 Å². The number of nitrogens with zero attached hydrogens (tertiary/aromatic N) is 3. The van der Waals surface area contributed by atoms with Gasteiger partial charge in [0, 0.05) is 0 Å². The molecular formula is C5H11N3. The van der Waals surface area contributed by atoms with Gasteiger partial charge in [0.15, 0.2) is 0 Å². The third kappa shape index (κ3) is 0.438. The molecule has 46 valence electrons. The van der Waals surface area contributed by atoms with Crippen LogP contribution >= 0.6 is 0 Å². The van der Waals surface area contributed by atoms with Gasteiger partial charge in [0.05, 0.1) is 19.5 Å². The average Bonchev–Trinajstić information content (AvgIpc) is 2.29.